The number of rotatable bonds is 0. The highest BCUT2D eigenvalue weighted by molar-refractivity contribution is 5.74. The molecule has 0 bridgehead atoms. The van der Waals surface area contributed by atoms with Gasteiger partial charge in [-0.2, -0.15) is 0 Å². The maximum absolute atomic E-state index is 5.68. The molecule has 0 amide bonds. The van der Waals surface area contributed by atoms with Gasteiger partial charge in [0.15, 0.2) is 0 Å². The molecule has 16 heavy (non-hydrogen) atoms. The summed E-state index contributed by atoms with van der Waals surface area (Å²) in [5, 5.41) is 0. The van der Waals surface area contributed by atoms with Crippen LogP contribution >= 0.6 is 0 Å². The van der Waals surface area contributed by atoms with Crippen molar-refractivity contribution in [2.75, 3.05) is 6.61 Å². The number of benzene rings is 1. The van der Waals surface area contributed by atoms with Crippen LogP contribution in [0.25, 0.3) is 0 Å². The van der Waals surface area contributed by atoms with Crippen molar-refractivity contribution in [3.63, 3.8) is 0 Å². The van der Waals surface area contributed by atoms with Gasteiger partial charge in [-0.3, -0.25) is 0 Å². The van der Waals surface area contributed by atoms with Crippen LogP contribution in [0.5, 0.6) is 0 Å². The summed E-state index contributed by atoms with van der Waals surface area (Å²) in [4.78, 5) is 4.55. The van der Waals surface area contributed by atoms with Crippen LogP contribution in [0.1, 0.15) is 30.4 Å². The molecule has 1 aromatic carbocycles. The van der Waals surface area contributed by atoms with Crippen LogP contribution in [0.15, 0.2) is 29.3 Å². The molecule has 0 saturated carbocycles. The van der Waals surface area contributed by atoms with Crippen molar-refractivity contribution in [3.8, 4) is 0 Å². The van der Waals surface area contributed by atoms with Crippen LogP contribution in [0, 0.1) is 0 Å². The molecule has 1 aliphatic carbocycles. The number of nitrogens with two attached hydrogens (primary N) is 1. The lowest BCUT2D eigenvalue weighted by molar-refractivity contribution is 0.242. The average Bonchev–Trinajstić information content (AvgIpc) is 2.58. The van der Waals surface area contributed by atoms with Crippen molar-refractivity contribution in [1.82, 2.24) is 0 Å². The Morgan fingerprint density at radius 2 is 2.12 bits per heavy atom. The highest BCUT2D eigenvalue weighted by Crippen LogP contribution is 2.39. The molecule has 0 saturated heterocycles. The van der Waals surface area contributed by atoms with Crippen molar-refractivity contribution in [2.24, 2.45) is 10.7 Å². The minimum Gasteiger partial charge on any atom is -0.462 e. The molecule has 0 radical (unpaired) electrons. The lowest BCUT2D eigenvalue weighted by Gasteiger charge is -2.24. The normalized spacial score (nSPS) is 28.1. The molecule has 84 valence electrons. The molecule has 1 atom stereocenters. The maximum atomic E-state index is 5.68. The van der Waals surface area contributed by atoms with E-state index >= 15 is 0 Å². The molecular weight excluding hydrogens is 200 g/mol. The average molecular weight is 216 g/mol. The third-order valence-corrected chi connectivity index (χ3v) is 3.59. The molecule has 1 unspecified atom stereocenters. The van der Waals surface area contributed by atoms with Crippen LogP contribution in [0.4, 0.5) is 0 Å². The number of aliphatic imine (C=N–C) groups is 1. The van der Waals surface area contributed by atoms with E-state index in [4.69, 9.17) is 10.5 Å². The van der Waals surface area contributed by atoms with E-state index in [-0.39, 0.29) is 5.54 Å². The van der Waals surface area contributed by atoms with E-state index in [0.717, 1.165) is 12.8 Å². The molecule has 2 aliphatic rings. The largest absolute Gasteiger partial charge is 0.462 e. The van der Waals surface area contributed by atoms with Gasteiger partial charge in [0, 0.05) is 0 Å². The van der Waals surface area contributed by atoms with Crippen LogP contribution in [0.2, 0.25) is 0 Å². The summed E-state index contributed by atoms with van der Waals surface area (Å²) in [6, 6.07) is 8.89. The van der Waals surface area contributed by atoms with Crippen LogP contribution in [-0.2, 0) is 16.7 Å². The molecule has 1 spiro atoms. The molecule has 2 N–H and O–H groups in total. The predicted octanol–water partition coefficient (Wildman–Crippen LogP) is 1.95. The van der Waals surface area contributed by atoms with E-state index < -0.39 is 0 Å². The van der Waals surface area contributed by atoms with Gasteiger partial charge in [-0.25, -0.2) is 4.99 Å². The minimum absolute atomic E-state index is 0.197. The van der Waals surface area contributed by atoms with Gasteiger partial charge in [0.25, 0.3) is 6.02 Å². The first-order valence-electron chi connectivity index (χ1n) is 5.87. The molecule has 3 heteroatoms. The van der Waals surface area contributed by atoms with E-state index in [1.54, 1.807) is 0 Å². The van der Waals surface area contributed by atoms with Crippen molar-refractivity contribution < 1.29 is 4.74 Å². The van der Waals surface area contributed by atoms with Crippen LogP contribution in [0.3, 0.4) is 0 Å². The Balaban J connectivity index is 2.13. The van der Waals surface area contributed by atoms with E-state index in [2.05, 4.69) is 29.3 Å². The standard InChI is InChI=1S/C13H16N2O/c14-12-15-13(9-16-12)8-4-3-6-10-5-1-2-7-11(10)13/h1-2,5,7H,3-4,6,8-9H2,(H2,14,15). The zero-order valence-electron chi connectivity index (χ0n) is 9.28. The van der Waals surface area contributed by atoms with Gasteiger partial charge in [0.2, 0.25) is 0 Å². The fraction of sp³-hybridized carbons (Fsp3) is 0.462. The van der Waals surface area contributed by atoms with Crippen molar-refractivity contribution in [2.45, 2.75) is 31.2 Å². The fourth-order valence-electron chi connectivity index (χ4n) is 2.79. The third kappa shape index (κ3) is 1.39. The van der Waals surface area contributed by atoms with Gasteiger partial charge in [0.1, 0.15) is 12.1 Å². The topological polar surface area (TPSA) is 47.6 Å². The summed E-state index contributed by atoms with van der Waals surface area (Å²) in [5.74, 6) is 0. The maximum Gasteiger partial charge on any atom is 0.283 e. The summed E-state index contributed by atoms with van der Waals surface area (Å²) < 4.78 is 5.39. The lowest BCUT2D eigenvalue weighted by atomic mass is 9.86. The van der Waals surface area contributed by atoms with Crippen LogP contribution < -0.4 is 5.73 Å². The molecule has 3 rings (SSSR count). The molecule has 1 aliphatic heterocycles. The summed E-state index contributed by atoms with van der Waals surface area (Å²) >= 11 is 0. The van der Waals surface area contributed by atoms with Gasteiger partial charge in [0.05, 0.1) is 0 Å². The Labute approximate surface area is 95.3 Å². The van der Waals surface area contributed by atoms with E-state index in [1.807, 2.05) is 0 Å². The number of nitrogens with zero attached hydrogens (tertiary/aromatic N) is 1. The second kappa shape index (κ2) is 3.51. The Bertz CT molecular complexity index is 441. The minimum atomic E-state index is -0.197. The molecule has 1 heterocycles. The number of ether oxygens (including phenoxy) is 1. The molecule has 0 fully saturated rings. The molecular formula is C13H16N2O. The first-order chi connectivity index (χ1) is 7.80. The van der Waals surface area contributed by atoms with E-state index in [9.17, 15) is 0 Å². The fourth-order valence-corrected chi connectivity index (χ4v) is 2.79. The van der Waals surface area contributed by atoms with Crippen LogP contribution in [-0.4, -0.2) is 12.6 Å². The number of hydrogen-bond donors (Lipinski definition) is 1. The van der Waals surface area contributed by atoms with E-state index in [1.165, 1.54) is 24.0 Å². The summed E-state index contributed by atoms with van der Waals surface area (Å²) in [6.45, 7) is 0.607. The first-order valence-corrected chi connectivity index (χ1v) is 5.87. The summed E-state index contributed by atoms with van der Waals surface area (Å²) in [7, 11) is 0. The van der Waals surface area contributed by atoms with Gasteiger partial charge >= 0.3 is 0 Å². The summed E-state index contributed by atoms with van der Waals surface area (Å²) in [5.41, 5.74) is 8.20. The molecule has 1 aromatic rings. The zero-order valence-corrected chi connectivity index (χ0v) is 9.28. The Morgan fingerprint density at radius 3 is 2.94 bits per heavy atom. The Morgan fingerprint density at radius 1 is 1.25 bits per heavy atom. The molecule has 0 aromatic heterocycles. The third-order valence-electron chi connectivity index (χ3n) is 3.59. The second-order valence-electron chi connectivity index (χ2n) is 4.63. The SMILES string of the molecule is NC1=NC2(CCCCc3ccccc32)CO1. The van der Waals surface area contributed by atoms with Crippen molar-refractivity contribution in [1.29, 1.82) is 0 Å². The first kappa shape index (κ1) is 9.70. The number of hydrogen-bond acceptors (Lipinski definition) is 3. The highest BCUT2D eigenvalue weighted by atomic mass is 16.5. The monoisotopic (exact) mass is 216 g/mol. The van der Waals surface area contributed by atoms with E-state index in [0.29, 0.717) is 12.6 Å². The van der Waals surface area contributed by atoms with Gasteiger partial charge in [-0.15, -0.1) is 0 Å². The van der Waals surface area contributed by atoms with Crippen molar-refractivity contribution in [3.05, 3.63) is 35.4 Å². The smallest absolute Gasteiger partial charge is 0.283 e. The van der Waals surface area contributed by atoms with Gasteiger partial charge in [-0.1, -0.05) is 30.7 Å². The number of aryl methyl sites for hydroxylation is 1. The van der Waals surface area contributed by atoms with Crippen molar-refractivity contribution >= 4 is 6.02 Å². The quantitative estimate of drug-likeness (QED) is 0.720. The predicted molar refractivity (Wildman–Crippen MR) is 63.2 cm³/mol. The summed E-state index contributed by atoms with van der Waals surface area (Å²) in [6.07, 6.45) is 4.61. The lowest BCUT2D eigenvalue weighted by Crippen LogP contribution is -2.25. The zero-order chi connectivity index (χ0) is 11.0. The Hall–Kier alpha value is -1.51. The highest BCUT2D eigenvalue weighted by Gasteiger charge is 2.39. The number of fused-ring (bicyclic) bond motifs is 2. The van der Waals surface area contributed by atoms with Gasteiger partial charge in [-0.05, 0) is 30.4 Å². The Kier molecular flexibility index (Phi) is 2.13. The van der Waals surface area contributed by atoms with Gasteiger partial charge < -0.3 is 10.5 Å². The second-order valence-corrected chi connectivity index (χ2v) is 4.63. The molecule has 3 nitrogen and oxygen atoms in total. The number of amidine groups is 1.